The summed E-state index contributed by atoms with van der Waals surface area (Å²) in [6, 6.07) is 11.5. The van der Waals surface area contributed by atoms with Gasteiger partial charge in [-0.15, -0.1) is 0 Å². The van der Waals surface area contributed by atoms with Gasteiger partial charge in [0, 0.05) is 24.6 Å². The van der Waals surface area contributed by atoms with E-state index in [1.807, 2.05) is 28.9 Å². The predicted molar refractivity (Wildman–Crippen MR) is 122 cm³/mol. The van der Waals surface area contributed by atoms with Crippen LogP contribution in [0.15, 0.2) is 42.6 Å². The fourth-order valence-corrected chi connectivity index (χ4v) is 3.68. The molecule has 0 spiro atoms. The van der Waals surface area contributed by atoms with Crippen LogP contribution in [0, 0.1) is 0 Å². The number of hydrogen-bond donors (Lipinski definition) is 1. The number of aromatic carboxylic acids is 1. The van der Waals surface area contributed by atoms with E-state index in [0.717, 1.165) is 48.5 Å². The summed E-state index contributed by atoms with van der Waals surface area (Å²) in [5, 5.41) is 14.2. The van der Waals surface area contributed by atoms with Crippen molar-refractivity contribution in [2.45, 2.75) is 71.8 Å². The van der Waals surface area contributed by atoms with Gasteiger partial charge in [-0.25, -0.2) is 19.4 Å². The zero-order valence-electron chi connectivity index (χ0n) is 18.5. The Morgan fingerprint density at radius 1 is 0.968 bits per heavy atom. The Morgan fingerprint density at radius 2 is 1.68 bits per heavy atom. The first-order valence-electron chi connectivity index (χ1n) is 11.3. The van der Waals surface area contributed by atoms with E-state index >= 15 is 0 Å². The Balaban J connectivity index is 1.77. The molecule has 31 heavy (non-hydrogen) atoms. The number of carboxylic acid groups (broad SMARTS) is 1. The highest BCUT2D eigenvalue weighted by Crippen LogP contribution is 2.23. The highest BCUT2D eigenvalue weighted by atomic mass is 16.4. The molecule has 6 heteroatoms. The molecule has 2 aromatic heterocycles. The van der Waals surface area contributed by atoms with Crippen LogP contribution in [0.25, 0.3) is 11.1 Å². The van der Waals surface area contributed by atoms with Crippen molar-refractivity contribution >= 4 is 5.97 Å². The van der Waals surface area contributed by atoms with E-state index in [2.05, 4.69) is 18.8 Å². The first-order chi connectivity index (χ1) is 15.1. The number of hydrogen-bond acceptors (Lipinski definition) is 4. The van der Waals surface area contributed by atoms with Crippen LogP contribution in [0.2, 0.25) is 0 Å². The largest absolute Gasteiger partial charge is 0.476 e. The van der Waals surface area contributed by atoms with E-state index in [4.69, 9.17) is 10.1 Å². The van der Waals surface area contributed by atoms with Crippen molar-refractivity contribution in [3.63, 3.8) is 0 Å². The lowest BCUT2D eigenvalue weighted by molar-refractivity contribution is 0.0691. The summed E-state index contributed by atoms with van der Waals surface area (Å²) in [5.41, 5.74) is 2.66. The van der Waals surface area contributed by atoms with Gasteiger partial charge in [0.15, 0.2) is 11.5 Å². The number of aryl methyl sites for hydroxylation is 2. The van der Waals surface area contributed by atoms with Crippen molar-refractivity contribution < 1.29 is 9.90 Å². The fraction of sp³-hybridized carbons (Fsp3) is 0.440. The molecule has 6 nitrogen and oxygen atoms in total. The minimum atomic E-state index is -1.02. The molecule has 0 fully saturated rings. The van der Waals surface area contributed by atoms with E-state index in [1.54, 1.807) is 12.1 Å². The third-order valence-electron chi connectivity index (χ3n) is 5.41. The molecular formula is C25H32N4O2. The number of pyridine rings is 1. The minimum absolute atomic E-state index is 0.0708. The first kappa shape index (κ1) is 22.7. The quantitative estimate of drug-likeness (QED) is 0.388. The van der Waals surface area contributed by atoms with Crippen LogP contribution in [0.3, 0.4) is 0 Å². The Kier molecular flexibility index (Phi) is 8.33. The van der Waals surface area contributed by atoms with Gasteiger partial charge in [-0.1, -0.05) is 69.9 Å². The molecule has 0 aliphatic rings. The molecule has 1 aromatic carbocycles. The maximum Gasteiger partial charge on any atom is 0.355 e. The Labute approximate surface area is 184 Å². The van der Waals surface area contributed by atoms with Crippen molar-refractivity contribution in [2.24, 2.45) is 0 Å². The molecule has 0 bridgehead atoms. The highest BCUT2D eigenvalue weighted by Gasteiger charge is 2.14. The lowest BCUT2D eigenvalue weighted by Crippen LogP contribution is -2.07. The average molecular weight is 421 g/mol. The molecule has 2 heterocycles. The summed E-state index contributed by atoms with van der Waals surface area (Å²) in [5.74, 6) is 0.983. The summed E-state index contributed by atoms with van der Waals surface area (Å²) in [7, 11) is 0. The molecule has 0 radical (unpaired) electrons. The van der Waals surface area contributed by atoms with Gasteiger partial charge in [0.05, 0.1) is 6.54 Å². The molecule has 0 saturated heterocycles. The number of carboxylic acids is 1. The lowest BCUT2D eigenvalue weighted by atomic mass is 10.0. The van der Waals surface area contributed by atoms with Gasteiger partial charge in [0.2, 0.25) is 0 Å². The molecule has 3 aromatic rings. The molecule has 0 atom stereocenters. The summed E-state index contributed by atoms with van der Waals surface area (Å²) < 4.78 is 2.04. The van der Waals surface area contributed by atoms with Crippen LogP contribution >= 0.6 is 0 Å². The summed E-state index contributed by atoms with van der Waals surface area (Å²) in [6.45, 7) is 5.08. The predicted octanol–water partition coefficient (Wildman–Crippen LogP) is 5.55. The zero-order valence-corrected chi connectivity index (χ0v) is 18.5. The molecule has 0 aliphatic carbocycles. The van der Waals surface area contributed by atoms with Crippen LogP contribution in [0.1, 0.15) is 80.1 Å². The minimum Gasteiger partial charge on any atom is -0.476 e. The molecule has 0 unspecified atom stereocenters. The van der Waals surface area contributed by atoms with E-state index < -0.39 is 5.97 Å². The maximum absolute atomic E-state index is 11.5. The van der Waals surface area contributed by atoms with Crippen molar-refractivity contribution in [1.82, 2.24) is 19.7 Å². The van der Waals surface area contributed by atoms with E-state index in [0.29, 0.717) is 12.1 Å². The lowest BCUT2D eigenvalue weighted by Gasteiger charge is -2.09. The van der Waals surface area contributed by atoms with Crippen molar-refractivity contribution in [2.75, 3.05) is 0 Å². The second-order valence-electron chi connectivity index (χ2n) is 7.92. The Morgan fingerprint density at radius 3 is 2.35 bits per heavy atom. The Hall–Kier alpha value is -3.02. The monoisotopic (exact) mass is 420 g/mol. The normalized spacial score (nSPS) is 11.0. The van der Waals surface area contributed by atoms with Gasteiger partial charge in [-0.05, 0) is 30.0 Å². The van der Waals surface area contributed by atoms with E-state index in [9.17, 15) is 9.90 Å². The molecule has 0 saturated carbocycles. The molecule has 0 aliphatic heterocycles. The van der Waals surface area contributed by atoms with Gasteiger partial charge in [-0.2, -0.15) is 5.10 Å². The molecule has 1 N–H and O–H groups in total. The second kappa shape index (κ2) is 11.4. The van der Waals surface area contributed by atoms with Crippen LogP contribution in [0.4, 0.5) is 0 Å². The third kappa shape index (κ3) is 6.23. The van der Waals surface area contributed by atoms with Crippen LogP contribution in [0.5, 0.6) is 0 Å². The SMILES string of the molecule is CCCCCc1nc(CCCCC)n(Cc2ccc(-c3cccnc3C(=O)O)cc2)n1. The van der Waals surface area contributed by atoms with Crippen LogP contribution < -0.4 is 0 Å². The van der Waals surface area contributed by atoms with Crippen LogP contribution in [-0.2, 0) is 19.4 Å². The van der Waals surface area contributed by atoms with Gasteiger partial charge in [-0.3, -0.25) is 0 Å². The van der Waals surface area contributed by atoms with Gasteiger partial charge >= 0.3 is 5.97 Å². The number of carbonyl (C=O) groups is 1. The number of rotatable bonds is 12. The number of unbranched alkanes of at least 4 members (excludes halogenated alkanes) is 4. The maximum atomic E-state index is 11.5. The summed E-state index contributed by atoms with van der Waals surface area (Å²) in [4.78, 5) is 20.3. The standard InChI is InChI=1S/C25H32N4O2/c1-3-5-7-11-22-27-23(12-8-6-4-2)29(28-22)18-19-13-15-20(16-14-19)21-10-9-17-26-24(21)25(30)31/h9-10,13-17H,3-8,11-12,18H2,1-2H3,(H,30,31). The van der Waals surface area contributed by atoms with Gasteiger partial charge in [0.1, 0.15) is 5.82 Å². The first-order valence-corrected chi connectivity index (χ1v) is 11.3. The summed E-state index contributed by atoms with van der Waals surface area (Å²) in [6.07, 6.45) is 10.4. The second-order valence-corrected chi connectivity index (χ2v) is 7.92. The van der Waals surface area contributed by atoms with E-state index in [-0.39, 0.29) is 5.69 Å². The Bertz CT molecular complexity index is 979. The average Bonchev–Trinajstić information content (AvgIpc) is 3.16. The molecular weight excluding hydrogens is 388 g/mol. The fourth-order valence-electron chi connectivity index (χ4n) is 3.68. The van der Waals surface area contributed by atoms with Crippen molar-refractivity contribution in [3.8, 4) is 11.1 Å². The molecule has 0 amide bonds. The van der Waals surface area contributed by atoms with Crippen LogP contribution in [-0.4, -0.2) is 30.8 Å². The number of benzene rings is 1. The molecule has 3 rings (SSSR count). The van der Waals surface area contributed by atoms with Crippen molar-refractivity contribution in [1.29, 1.82) is 0 Å². The number of nitrogens with zero attached hydrogens (tertiary/aromatic N) is 4. The smallest absolute Gasteiger partial charge is 0.355 e. The topological polar surface area (TPSA) is 80.9 Å². The number of aromatic nitrogens is 4. The van der Waals surface area contributed by atoms with Crippen molar-refractivity contribution in [3.05, 3.63) is 65.5 Å². The highest BCUT2D eigenvalue weighted by molar-refractivity contribution is 5.93. The third-order valence-corrected chi connectivity index (χ3v) is 5.41. The summed E-state index contributed by atoms with van der Waals surface area (Å²) >= 11 is 0. The zero-order chi connectivity index (χ0) is 22.1. The van der Waals surface area contributed by atoms with Gasteiger partial charge < -0.3 is 5.11 Å². The van der Waals surface area contributed by atoms with E-state index in [1.165, 1.54) is 31.9 Å². The van der Waals surface area contributed by atoms with Gasteiger partial charge in [0.25, 0.3) is 0 Å². The molecule has 164 valence electrons.